The molecule has 5 heteroatoms. The van der Waals surface area contributed by atoms with Crippen molar-refractivity contribution >= 4 is 34.3 Å². The van der Waals surface area contributed by atoms with Crippen molar-refractivity contribution in [1.29, 1.82) is 0 Å². The summed E-state index contributed by atoms with van der Waals surface area (Å²) in [7, 11) is 0. The fraction of sp³-hybridized carbons (Fsp3) is 0.389. The van der Waals surface area contributed by atoms with Crippen LogP contribution in [-0.4, -0.2) is 23.0 Å². The number of anilines is 1. The number of thiophene rings is 1. The molecule has 3 rings (SSSR count). The maximum Gasteiger partial charge on any atom is 0.192 e. The topological polar surface area (TPSA) is 54.4 Å². The zero-order chi connectivity index (χ0) is 16.6. The van der Waals surface area contributed by atoms with Crippen LogP contribution in [0, 0.1) is 12.8 Å². The first-order valence-corrected chi connectivity index (χ1v) is 8.83. The van der Waals surface area contributed by atoms with Gasteiger partial charge in [-0.05, 0) is 42.8 Å². The van der Waals surface area contributed by atoms with E-state index in [9.17, 15) is 4.79 Å². The number of aryl methyl sites for hydroxylation is 1. The number of aromatic nitrogens is 1. The van der Waals surface area contributed by atoms with Gasteiger partial charge >= 0.3 is 0 Å². The Morgan fingerprint density at radius 1 is 1.39 bits per heavy atom. The van der Waals surface area contributed by atoms with E-state index in [4.69, 9.17) is 4.98 Å². The standard InChI is InChI=1S/C18H21N3OS/c1-5-19-13-9-11(4)15-17(20-13)14(10(2)3)18(22)16(21-15)12-7-6-8-23-12/h6-10,14H,5H2,1-4H3,(H,19,20). The maximum absolute atomic E-state index is 13.0. The van der Waals surface area contributed by atoms with Crippen LogP contribution in [0.4, 0.5) is 11.5 Å². The van der Waals surface area contributed by atoms with Gasteiger partial charge in [-0.2, -0.15) is 0 Å². The summed E-state index contributed by atoms with van der Waals surface area (Å²) in [5.41, 5.74) is 3.29. The molecule has 0 saturated carbocycles. The maximum atomic E-state index is 13.0. The Hall–Kier alpha value is -2.01. The molecule has 0 amide bonds. The van der Waals surface area contributed by atoms with Crippen LogP contribution >= 0.6 is 11.3 Å². The molecule has 0 radical (unpaired) electrons. The molecule has 0 bridgehead atoms. The first kappa shape index (κ1) is 15.9. The first-order valence-electron chi connectivity index (χ1n) is 7.95. The third kappa shape index (κ3) is 2.81. The molecule has 0 spiro atoms. The summed E-state index contributed by atoms with van der Waals surface area (Å²) >= 11 is 1.55. The lowest BCUT2D eigenvalue weighted by Gasteiger charge is -2.26. The zero-order valence-electron chi connectivity index (χ0n) is 13.9. The van der Waals surface area contributed by atoms with Crippen LogP contribution in [-0.2, 0) is 4.79 Å². The molecular weight excluding hydrogens is 306 g/mol. The highest BCUT2D eigenvalue weighted by Gasteiger charge is 2.36. The second-order valence-electron chi connectivity index (χ2n) is 6.11. The highest BCUT2D eigenvalue weighted by Crippen LogP contribution is 2.40. The third-order valence-corrected chi connectivity index (χ3v) is 4.90. The largest absolute Gasteiger partial charge is 0.370 e. The summed E-state index contributed by atoms with van der Waals surface area (Å²) in [6.07, 6.45) is 0. The summed E-state index contributed by atoms with van der Waals surface area (Å²) < 4.78 is 0. The zero-order valence-corrected chi connectivity index (χ0v) is 14.7. The monoisotopic (exact) mass is 327 g/mol. The van der Waals surface area contributed by atoms with Crippen molar-refractivity contribution in [3.05, 3.63) is 39.7 Å². The van der Waals surface area contributed by atoms with E-state index in [0.29, 0.717) is 5.71 Å². The lowest BCUT2D eigenvalue weighted by atomic mass is 9.82. The van der Waals surface area contributed by atoms with E-state index >= 15 is 0 Å². The minimum absolute atomic E-state index is 0.0792. The number of hydrogen-bond donors (Lipinski definition) is 1. The van der Waals surface area contributed by atoms with Gasteiger partial charge in [0.25, 0.3) is 0 Å². The molecule has 1 aliphatic heterocycles. The van der Waals surface area contributed by atoms with Gasteiger partial charge in [0.15, 0.2) is 5.78 Å². The van der Waals surface area contributed by atoms with Crippen LogP contribution in [0.25, 0.3) is 0 Å². The molecule has 3 heterocycles. The molecule has 1 N–H and O–H groups in total. The van der Waals surface area contributed by atoms with E-state index in [-0.39, 0.29) is 17.6 Å². The minimum Gasteiger partial charge on any atom is -0.370 e. The van der Waals surface area contributed by atoms with Gasteiger partial charge in [-0.25, -0.2) is 9.98 Å². The predicted molar refractivity (Wildman–Crippen MR) is 96.2 cm³/mol. The van der Waals surface area contributed by atoms with E-state index in [2.05, 4.69) is 24.2 Å². The Balaban J connectivity index is 2.20. The minimum atomic E-state index is -0.239. The SMILES string of the molecule is CCNc1cc(C)c2c(n1)C(C(C)C)C(=O)C(c1cccs1)=N2. The normalized spacial score (nSPS) is 17.2. The summed E-state index contributed by atoms with van der Waals surface area (Å²) in [4.78, 5) is 23.3. The molecule has 2 aromatic rings. The van der Waals surface area contributed by atoms with Gasteiger partial charge in [0.05, 0.1) is 22.2 Å². The van der Waals surface area contributed by atoms with Crippen LogP contribution in [0.15, 0.2) is 28.6 Å². The van der Waals surface area contributed by atoms with Gasteiger partial charge in [-0.15, -0.1) is 11.3 Å². The molecule has 0 aliphatic carbocycles. The lowest BCUT2D eigenvalue weighted by Crippen LogP contribution is -2.30. The second-order valence-corrected chi connectivity index (χ2v) is 7.06. The summed E-state index contributed by atoms with van der Waals surface area (Å²) in [6, 6.07) is 5.92. The van der Waals surface area contributed by atoms with Crippen molar-refractivity contribution in [2.24, 2.45) is 10.9 Å². The molecule has 0 fully saturated rings. The molecule has 1 unspecified atom stereocenters. The molecule has 0 saturated heterocycles. The number of ketones is 1. The van der Waals surface area contributed by atoms with Crippen LogP contribution < -0.4 is 5.32 Å². The fourth-order valence-corrected chi connectivity index (χ4v) is 3.69. The van der Waals surface area contributed by atoms with Crippen molar-refractivity contribution in [3.8, 4) is 0 Å². The van der Waals surface area contributed by atoms with Crippen molar-refractivity contribution < 1.29 is 4.79 Å². The number of carbonyl (C=O) groups is 1. The molecule has 0 aromatic carbocycles. The number of hydrogen-bond acceptors (Lipinski definition) is 5. The first-order chi connectivity index (χ1) is 11.0. The highest BCUT2D eigenvalue weighted by atomic mass is 32.1. The quantitative estimate of drug-likeness (QED) is 0.909. The Kier molecular flexibility index (Phi) is 4.31. The number of nitrogens with zero attached hydrogens (tertiary/aromatic N) is 2. The number of Topliss-reactive ketones (excluding diaryl/α,β-unsaturated/α-hetero) is 1. The molecule has 1 atom stereocenters. The molecule has 2 aromatic heterocycles. The van der Waals surface area contributed by atoms with Gasteiger partial charge in [-0.3, -0.25) is 4.79 Å². The Morgan fingerprint density at radius 3 is 2.78 bits per heavy atom. The molecular formula is C18H21N3OS. The molecule has 4 nitrogen and oxygen atoms in total. The van der Waals surface area contributed by atoms with E-state index in [1.54, 1.807) is 11.3 Å². The lowest BCUT2D eigenvalue weighted by molar-refractivity contribution is -0.115. The van der Waals surface area contributed by atoms with Crippen molar-refractivity contribution in [2.45, 2.75) is 33.6 Å². The Morgan fingerprint density at radius 2 is 2.17 bits per heavy atom. The third-order valence-electron chi connectivity index (χ3n) is 4.02. The van der Waals surface area contributed by atoms with Crippen LogP contribution in [0.3, 0.4) is 0 Å². The van der Waals surface area contributed by atoms with Crippen LogP contribution in [0.2, 0.25) is 0 Å². The van der Waals surface area contributed by atoms with Crippen LogP contribution in [0.5, 0.6) is 0 Å². The van der Waals surface area contributed by atoms with Gasteiger partial charge in [0.2, 0.25) is 0 Å². The van der Waals surface area contributed by atoms with E-state index < -0.39 is 0 Å². The number of carbonyl (C=O) groups excluding carboxylic acids is 1. The van der Waals surface area contributed by atoms with Crippen LogP contribution in [0.1, 0.15) is 42.8 Å². The Bertz CT molecular complexity index is 763. The second kappa shape index (κ2) is 6.24. The number of fused-ring (bicyclic) bond motifs is 1. The number of pyridine rings is 1. The molecule has 1 aliphatic rings. The van der Waals surface area contributed by atoms with Crippen molar-refractivity contribution in [2.75, 3.05) is 11.9 Å². The smallest absolute Gasteiger partial charge is 0.192 e. The van der Waals surface area contributed by atoms with Gasteiger partial charge in [0.1, 0.15) is 11.5 Å². The number of nitrogens with one attached hydrogen (secondary N) is 1. The summed E-state index contributed by atoms with van der Waals surface area (Å²) in [5.74, 6) is 0.833. The van der Waals surface area contributed by atoms with Gasteiger partial charge < -0.3 is 5.32 Å². The summed E-state index contributed by atoms with van der Waals surface area (Å²) in [5, 5.41) is 5.22. The average molecular weight is 327 g/mol. The van der Waals surface area contributed by atoms with Gasteiger partial charge in [0, 0.05) is 6.54 Å². The number of aliphatic imine (C=N–C) groups is 1. The molecule has 120 valence electrons. The average Bonchev–Trinajstić information content (AvgIpc) is 3.00. The Labute approximate surface area is 140 Å². The predicted octanol–water partition coefficient (Wildman–Crippen LogP) is 4.33. The van der Waals surface area contributed by atoms with E-state index in [1.807, 2.05) is 37.4 Å². The number of rotatable bonds is 4. The fourth-order valence-electron chi connectivity index (χ4n) is 2.97. The molecule has 23 heavy (non-hydrogen) atoms. The van der Waals surface area contributed by atoms with E-state index in [0.717, 1.165) is 34.2 Å². The van der Waals surface area contributed by atoms with Crippen molar-refractivity contribution in [3.63, 3.8) is 0 Å². The summed E-state index contributed by atoms with van der Waals surface area (Å²) in [6.45, 7) is 9.01. The van der Waals surface area contributed by atoms with Crippen molar-refractivity contribution in [1.82, 2.24) is 4.98 Å². The van der Waals surface area contributed by atoms with E-state index in [1.165, 1.54) is 0 Å². The van der Waals surface area contributed by atoms with Gasteiger partial charge in [-0.1, -0.05) is 19.9 Å². The highest BCUT2D eigenvalue weighted by molar-refractivity contribution is 7.13.